The average Bonchev–Trinajstić information content (AvgIpc) is 2.48. The topological polar surface area (TPSA) is 35.5 Å². The summed E-state index contributed by atoms with van der Waals surface area (Å²) >= 11 is 11.7. The molecule has 0 aromatic heterocycles. The minimum absolute atomic E-state index is 0.359. The Morgan fingerprint density at radius 3 is 2.35 bits per heavy atom. The van der Waals surface area contributed by atoms with Crippen molar-refractivity contribution in [3.63, 3.8) is 0 Å². The molecule has 0 atom stereocenters. The minimum Gasteiger partial charge on any atom is -0.489 e. The zero-order valence-corrected chi connectivity index (χ0v) is 12.2. The smallest absolute Gasteiger partial charge is 0.337 e. The summed E-state index contributed by atoms with van der Waals surface area (Å²) < 4.78 is 10.2. The third-order valence-electron chi connectivity index (χ3n) is 2.67. The van der Waals surface area contributed by atoms with Gasteiger partial charge in [0.15, 0.2) is 0 Å². The van der Waals surface area contributed by atoms with Gasteiger partial charge in [0.25, 0.3) is 0 Å². The van der Waals surface area contributed by atoms with Crippen molar-refractivity contribution in [3.8, 4) is 5.75 Å². The predicted octanol–water partition coefficient (Wildman–Crippen LogP) is 4.36. The molecule has 104 valence electrons. The maximum absolute atomic E-state index is 11.3. The van der Waals surface area contributed by atoms with Gasteiger partial charge in [-0.2, -0.15) is 0 Å². The van der Waals surface area contributed by atoms with E-state index >= 15 is 0 Å². The molecule has 0 aliphatic carbocycles. The molecule has 0 spiro atoms. The molecule has 0 heterocycles. The molecule has 2 rings (SSSR count). The number of hydrogen-bond acceptors (Lipinski definition) is 3. The van der Waals surface area contributed by atoms with Gasteiger partial charge in [-0.05, 0) is 29.8 Å². The fourth-order valence-corrected chi connectivity index (χ4v) is 1.88. The van der Waals surface area contributed by atoms with Crippen molar-refractivity contribution in [2.75, 3.05) is 7.11 Å². The molecular formula is C15H12Cl2O3. The third kappa shape index (κ3) is 3.65. The highest BCUT2D eigenvalue weighted by molar-refractivity contribution is 6.42. The number of carbonyl (C=O) groups excluding carboxylic acids is 1. The summed E-state index contributed by atoms with van der Waals surface area (Å²) in [4.78, 5) is 11.3. The summed E-state index contributed by atoms with van der Waals surface area (Å²) in [5.74, 6) is 0.276. The van der Waals surface area contributed by atoms with Crippen molar-refractivity contribution < 1.29 is 14.3 Å². The lowest BCUT2D eigenvalue weighted by atomic mass is 10.1. The highest BCUT2D eigenvalue weighted by Crippen LogP contribution is 2.26. The normalized spacial score (nSPS) is 10.2. The molecule has 0 aliphatic rings. The van der Waals surface area contributed by atoms with Crippen LogP contribution in [0.3, 0.4) is 0 Å². The Labute approximate surface area is 127 Å². The Morgan fingerprint density at radius 1 is 1.05 bits per heavy atom. The van der Waals surface area contributed by atoms with E-state index in [-0.39, 0.29) is 5.97 Å². The van der Waals surface area contributed by atoms with Crippen LogP contribution in [-0.2, 0) is 11.3 Å². The first kappa shape index (κ1) is 14.7. The second-order valence-electron chi connectivity index (χ2n) is 4.05. The quantitative estimate of drug-likeness (QED) is 0.787. The van der Waals surface area contributed by atoms with E-state index < -0.39 is 0 Å². The molecule has 0 bridgehead atoms. The maximum Gasteiger partial charge on any atom is 0.337 e. The number of carbonyl (C=O) groups is 1. The van der Waals surface area contributed by atoms with Crippen LogP contribution in [0.25, 0.3) is 0 Å². The number of hydrogen-bond donors (Lipinski definition) is 0. The number of ether oxygens (including phenoxy) is 2. The molecule has 0 unspecified atom stereocenters. The van der Waals surface area contributed by atoms with Crippen molar-refractivity contribution in [3.05, 3.63) is 63.6 Å². The van der Waals surface area contributed by atoms with Crippen LogP contribution in [0.2, 0.25) is 10.0 Å². The van der Waals surface area contributed by atoms with Crippen LogP contribution in [0.1, 0.15) is 15.9 Å². The predicted molar refractivity (Wildman–Crippen MR) is 78.6 cm³/mol. The first-order valence-corrected chi connectivity index (χ1v) is 6.61. The van der Waals surface area contributed by atoms with Crippen molar-refractivity contribution in [1.29, 1.82) is 0 Å². The van der Waals surface area contributed by atoms with E-state index in [0.29, 0.717) is 28.0 Å². The zero-order chi connectivity index (χ0) is 14.5. The van der Waals surface area contributed by atoms with Crippen LogP contribution in [0.15, 0.2) is 42.5 Å². The van der Waals surface area contributed by atoms with Crippen molar-refractivity contribution >= 4 is 29.2 Å². The van der Waals surface area contributed by atoms with E-state index in [1.54, 1.807) is 30.3 Å². The number of rotatable bonds is 4. The Balaban J connectivity index is 2.00. The molecule has 2 aromatic carbocycles. The van der Waals surface area contributed by atoms with Crippen molar-refractivity contribution in [1.82, 2.24) is 0 Å². The molecular weight excluding hydrogens is 299 g/mol. The molecule has 20 heavy (non-hydrogen) atoms. The van der Waals surface area contributed by atoms with Crippen LogP contribution < -0.4 is 4.74 Å². The molecule has 2 aromatic rings. The van der Waals surface area contributed by atoms with E-state index in [2.05, 4.69) is 4.74 Å². The molecule has 0 fully saturated rings. The van der Waals surface area contributed by atoms with Crippen LogP contribution in [0.5, 0.6) is 5.75 Å². The molecule has 0 radical (unpaired) electrons. The summed E-state index contributed by atoms with van der Waals surface area (Å²) in [6, 6.07) is 12.1. The summed E-state index contributed by atoms with van der Waals surface area (Å²) in [6.07, 6.45) is 0. The molecule has 0 saturated heterocycles. The number of halogens is 2. The zero-order valence-electron chi connectivity index (χ0n) is 10.7. The summed E-state index contributed by atoms with van der Waals surface area (Å²) in [5.41, 5.74) is 1.44. The van der Waals surface area contributed by atoms with Crippen LogP contribution in [0, 0.1) is 0 Å². The fraction of sp³-hybridized carbons (Fsp3) is 0.133. The molecule has 0 saturated carbocycles. The minimum atomic E-state index is -0.359. The van der Waals surface area contributed by atoms with Crippen LogP contribution in [-0.4, -0.2) is 13.1 Å². The van der Waals surface area contributed by atoms with E-state index in [1.165, 1.54) is 7.11 Å². The van der Waals surface area contributed by atoms with Gasteiger partial charge in [-0.1, -0.05) is 35.3 Å². The van der Waals surface area contributed by atoms with Gasteiger partial charge >= 0.3 is 5.97 Å². The third-order valence-corrected chi connectivity index (χ3v) is 3.41. The standard InChI is InChI=1S/C15H12Cl2O3/c1-19-15(18)11-4-2-10(3-5-11)9-20-12-6-7-13(16)14(17)8-12/h2-8H,9H2,1H3. The Hall–Kier alpha value is -1.71. The van der Waals surface area contributed by atoms with Crippen LogP contribution in [0.4, 0.5) is 0 Å². The molecule has 5 heteroatoms. The van der Waals surface area contributed by atoms with E-state index in [9.17, 15) is 4.79 Å². The lowest BCUT2D eigenvalue weighted by molar-refractivity contribution is 0.0600. The van der Waals surface area contributed by atoms with Gasteiger partial charge in [-0.15, -0.1) is 0 Å². The highest BCUT2D eigenvalue weighted by Gasteiger charge is 2.05. The SMILES string of the molecule is COC(=O)c1ccc(COc2ccc(Cl)c(Cl)c2)cc1. The second-order valence-corrected chi connectivity index (χ2v) is 4.87. The van der Waals surface area contributed by atoms with Crippen molar-refractivity contribution in [2.45, 2.75) is 6.61 Å². The van der Waals surface area contributed by atoms with Gasteiger partial charge in [0.1, 0.15) is 12.4 Å². The summed E-state index contributed by atoms with van der Waals surface area (Å²) in [5, 5.41) is 0.937. The second kappa shape index (κ2) is 6.64. The van der Waals surface area contributed by atoms with Gasteiger partial charge in [0.2, 0.25) is 0 Å². The largest absolute Gasteiger partial charge is 0.489 e. The first-order chi connectivity index (χ1) is 9.60. The number of methoxy groups -OCH3 is 1. The number of benzene rings is 2. The Bertz CT molecular complexity index is 609. The Kier molecular flexibility index (Phi) is 4.88. The Morgan fingerprint density at radius 2 is 1.75 bits per heavy atom. The van der Waals surface area contributed by atoms with E-state index in [1.807, 2.05) is 12.1 Å². The van der Waals surface area contributed by atoms with E-state index in [4.69, 9.17) is 27.9 Å². The van der Waals surface area contributed by atoms with Crippen LogP contribution >= 0.6 is 23.2 Å². The molecule has 3 nitrogen and oxygen atoms in total. The molecule has 0 amide bonds. The summed E-state index contributed by atoms with van der Waals surface area (Å²) in [6.45, 7) is 0.374. The summed E-state index contributed by atoms with van der Waals surface area (Å²) in [7, 11) is 1.35. The molecule has 0 aliphatic heterocycles. The van der Waals surface area contributed by atoms with Gasteiger partial charge < -0.3 is 9.47 Å². The van der Waals surface area contributed by atoms with Gasteiger partial charge in [-0.25, -0.2) is 4.79 Å². The lowest BCUT2D eigenvalue weighted by Crippen LogP contribution is -2.01. The first-order valence-electron chi connectivity index (χ1n) is 5.85. The highest BCUT2D eigenvalue weighted by atomic mass is 35.5. The monoisotopic (exact) mass is 310 g/mol. The number of esters is 1. The van der Waals surface area contributed by atoms with Crippen molar-refractivity contribution in [2.24, 2.45) is 0 Å². The van der Waals surface area contributed by atoms with Gasteiger partial charge in [-0.3, -0.25) is 0 Å². The van der Waals surface area contributed by atoms with E-state index in [0.717, 1.165) is 5.56 Å². The average molecular weight is 311 g/mol. The van der Waals surface area contributed by atoms with Gasteiger partial charge in [0, 0.05) is 6.07 Å². The fourth-order valence-electron chi connectivity index (χ4n) is 1.59. The molecule has 0 N–H and O–H groups in total. The maximum atomic E-state index is 11.3. The van der Waals surface area contributed by atoms with Gasteiger partial charge in [0.05, 0.1) is 22.7 Å². The lowest BCUT2D eigenvalue weighted by Gasteiger charge is -2.07.